The van der Waals surface area contributed by atoms with E-state index in [0.717, 1.165) is 12.8 Å². The maximum atomic E-state index is 11.8. The van der Waals surface area contributed by atoms with Crippen LogP contribution in [-0.4, -0.2) is 34.5 Å². The van der Waals surface area contributed by atoms with Crippen LogP contribution in [0.2, 0.25) is 0 Å². The fraction of sp³-hybridized carbons (Fsp3) is 0.818. The zero-order chi connectivity index (χ0) is 11.4. The summed E-state index contributed by atoms with van der Waals surface area (Å²) in [5, 5.41) is 8.69. The van der Waals surface area contributed by atoms with E-state index in [4.69, 9.17) is 5.11 Å². The molecule has 15 heavy (non-hydrogen) atoms. The summed E-state index contributed by atoms with van der Waals surface area (Å²) >= 11 is 0. The number of hydrogen-bond acceptors (Lipinski definition) is 2. The van der Waals surface area contributed by atoms with Crippen LogP contribution in [0.5, 0.6) is 0 Å². The molecule has 1 fully saturated rings. The van der Waals surface area contributed by atoms with Crippen molar-refractivity contribution in [3.63, 3.8) is 0 Å². The average molecular weight is 213 g/mol. The highest BCUT2D eigenvalue weighted by Gasteiger charge is 2.26. The summed E-state index contributed by atoms with van der Waals surface area (Å²) in [5.74, 6) is -0.463. The van der Waals surface area contributed by atoms with E-state index < -0.39 is 5.97 Å². The largest absolute Gasteiger partial charge is 0.480 e. The Balaban J connectivity index is 2.46. The van der Waals surface area contributed by atoms with E-state index in [1.165, 1.54) is 11.3 Å². The summed E-state index contributed by atoms with van der Waals surface area (Å²) in [6.07, 6.45) is 3.96. The Morgan fingerprint density at radius 2 is 2.00 bits per heavy atom. The van der Waals surface area contributed by atoms with Gasteiger partial charge in [0.25, 0.3) is 0 Å². The molecule has 1 N–H and O–H groups in total. The van der Waals surface area contributed by atoms with Gasteiger partial charge in [0.05, 0.1) is 0 Å². The second kappa shape index (κ2) is 5.14. The van der Waals surface area contributed by atoms with Crippen molar-refractivity contribution in [3.05, 3.63) is 0 Å². The maximum absolute atomic E-state index is 11.8. The van der Waals surface area contributed by atoms with Crippen LogP contribution >= 0.6 is 0 Å². The second-order valence-electron chi connectivity index (χ2n) is 4.51. The molecule has 1 amide bonds. The highest BCUT2D eigenvalue weighted by atomic mass is 16.4. The van der Waals surface area contributed by atoms with E-state index in [-0.39, 0.29) is 18.5 Å². The van der Waals surface area contributed by atoms with Gasteiger partial charge in [0.2, 0.25) is 5.91 Å². The van der Waals surface area contributed by atoms with E-state index in [2.05, 4.69) is 0 Å². The van der Waals surface area contributed by atoms with Gasteiger partial charge in [-0.25, -0.2) is 0 Å². The molecule has 1 saturated carbocycles. The number of nitrogens with zero attached hydrogens (tertiary/aromatic N) is 1. The van der Waals surface area contributed by atoms with Gasteiger partial charge in [-0.1, -0.05) is 6.42 Å². The zero-order valence-electron chi connectivity index (χ0n) is 9.40. The molecule has 0 unspecified atom stereocenters. The fourth-order valence-corrected chi connectivity index (χ4v) is 1.77. The first-order valence-electron chi connectivity index (χ1n) is 5.52. The van der Waals surface area contributed by atoms with Crippen LogP contribution in [0.4, 0.5) is 0 Å². The van der Waals surface area contributed by atoms with Crippen LogP contribution < -0.4 is 0 Å². The van der Waals surface area contributed by atoms with Crippen molar-refractivity contribution in [2.45, 2.75) is 45.6 Å². The number of carbonyl (C=O) groups excluding carboxylic acids is 1. The first-order chi connectivity index (χ1) is 7.00. The van der Waals surface area contributed by atoms with Crippen LogP contribution in [0.3, 0.4) is 0 Å². The number of carboxylic acid groups (broad SMARTS) is 1. The topological polar surface area (TPSA) is 57.6 Å². The number of amides is 1. The Morgan fingerprint density at radius 1 is 1.40 bits per heavy atom. The molecule has 0 aromatic rings. The molecule has 0 spiro atoms. The third-order valence-corrected chi connectivity index (χ3v) is 2.94. The van der Waals surface area contributed by atoms with E-state index in [0.29, 0.717) is 12.3 Å². The summed E-state index contributed by atoms with van der Waals surface area (Å²) in [4.78, 5) is 23.8. The average Bonchev–Trinajstić information content (AvgIpc) is 2.06. The van der Waals surface area contributed by atoms with Crippen molar-refractivity contribution in [3.8, 4) is 0 Å². The Kier molecular flexibility index (Phi) is 4.12. The summed E-state index contributed by atoms with van der Waals surface area (Å²) in [6, 6.07) is -0.0336. The first kappa shape index (κ1) is 12.0. The Bertz CT molecular complexity index is 246. The highest BCUT2D eigenvalue weighted by Crippen LogP contribution is 2.30. The molecule has 0 aromatic heterocycles. The number of rotatable bonds is 5. The smallest absolute Gasteiger partial charge is 0.323 e. The standard InChI is InChI=1S/C11H19NO3/c1-8(2)12(7-11(14)15)10(13)6-9-4-3-5-9/h8-9H,3-7H2,1-2H3,(H,14,15). The molecule has 1 aliphatic carbocycles. The molecule has 1 rings (SSSR count). The molecule has 0 atom stereocenters. The van der Waals surface area contributed by atoms with E-state index in [1.54, 1.807) is 0 Å². The summed E-state index contributed by atoms with van der Waals surface area (Å²) in [5.41, 5.74) is 0. The monoisotopic (exact) mass is 213 g/mol. The number of carboxylic acids is 1. The molecule has 0 radical (unpaired) electrons. The lowest BCUT2D eigenvalue weighted by Gasteiger charge is -2.30. The minimum atomic E-state index is -0.939. The predicted molar refractivity (Wildman–Crippen MR) is 56.4 cm³/mol. The molecule has 0 heterocycles. The van der Waals surface area contributed by atoms with Crippen LogP contribution in [0.15, 0.2) is 0 Å². The van der Waals surface area contributed by atoms with Crippen LogP contribution in [-0.2, 0) is 9.59 Å². The van der Waals surface area contributed by atoms with Crippen molar-refractivity contribution in [1.29, 1.82) is 0 Å². The highest BCUT2D eigenvalue weighted by molar-refractivity contribution is 5.81. The van der Waals surface area contributed by atoms with Crippen LogP contribution in [0.25, 0.3) is 0 Å². The number of hydrogen-bond donors (Lipinski definition) is 1. The first-order valence-corrected chi connectivity index (χ1v) is 5.52. The minimum Gasteiger partial charge on any atom is -0.480 e. The molecular formula is C11H19NO3. The third kappa shape index (κ3) is 3.53. The Labute approximate surface area is 90.3 Å². The minimum absolute atomic E-state index is 0.0166. The van der Waals surface area contributed by atoms with Crippen molar-refractivity contribution >= 4 is 11.9 Å². The molecule has 4 heteroatoms. The Hall–Kier alpha value is -1.06. The van der Waals surface area contributed by atoms with E-state index in [1.807, 2.05) is 13.8 Å². The van der Waals surface area contributed by atoms with Gasteiger partial charge in [0, 0.05) is 12.5 Å². The molecule has 4 nitrogen and oxygen atoms in total. The van der Waals surface area contributed by atoms with Gasteiger partial charge in [0.15, 0.2) is 0 Å². The van der Waals surface area contributed by atoms with Gasteiger partial charge in [-0.15, -0.1) is 0 Å². The molecule has 0 saturated heterocycles. The molecule has 0 aliphatic heterocycles. The third-order valence-electron chi connectivity index (χ3n) is 2.94. The van der Waals surface area contributed by atoms with Gasteiger partial charge in [0.1, 0.15) is 6.54 Å². The van der Waals surface area contributed by atoms with Crippen molar-refractivity contribution < 1.29 is 14.7 Å². The zero-order valence-corrected chi connectivity index (χ0v) is 9.40. The van der Waals surface area contributed by atoms with Gasteiger partial charge < -0.3 is 10.0 Å². The van der Waals surface area contributed by atoms with Gasteiger partial charge in [-0.3, -0.25) is 9.59 Å². The SMILES string of the molecule is CC(C)N(CC(=O)O)C(=O)CC1CCC1. The normalized spacial score (nSPS) is 16.2. The molecule has 1 aliphatic rings. The van der Waals surface area contributed by atoms with Gasteiger partial charge in [-0.2, -0.15) is 0 Å². The lowest BCUT2D eigenvalue weighted by molar-refractivity contribution is -0.146. The van der Waals surface area contributed by atoms with Crippen LogP contribution in [0, 0.1) is 5.92 Å². The van der Waals surface area contributed by atoms with Crippen LogP contribution in [0.1, 0.15) is 39.5 Å². The van der Waals surface area contributed by atoms with E-state index in [9.17, 15) is 9.59 Å². The number of carbonyl (C=O) groups is 2. The Morgan fingerprint density at radius 3 is 2.33 bits per heavy atom. The fourth-order valence-electron chi connectivity index (χ4n) is 1.77. The molecule has 86 valence electrons. The molecule has 0 aromatic carbocycles. The van der Waals surface area contributed by atoms with Gasteiger partial charge in [-0.05, 0) is 32.6 Å². The van der Waals surface area contributed by atoms with Crippen molar-refractivity contribution in [2.75, 3.05) is 6.54 Å². The summed E-state index contributed by atoms with van der Waals surface area (Å²) < 4.78 is 0. The van der Waals surface area contributed by atoms with Crippen molar-refractivity contribution in [2.24, 2.45) is 5.92 Å². The molecular weight excluding hydrogens is 194 g/mol. The maximum Gasteiger partial charge on any atom is 0.323 e. The second-order valence-corrected chi connectivity index (χ2v) is 4.51. The summed E-state index contributed by atoms with van der Waals surface area (Å²) in [7, 11) is 0. The van der Waals surface area contributed by atoms with Crippen molar-refractivity contribution in [1.82, 2.24) is 4.90 Å². The lowest BCUT2D eigenvalue weighted by atomic mass is 9.82. The number of aliphatic carboxylic acids is 1. The lowest BCUT2D eigenvalue weighted by Crippen LogP contribution is -2.41. The van der Waals surface area contributed by atoms with Gasteiger partial charge >= 0.3 is 5.97 Å². The molecule has 0 bridgehead atoms. The quantitative estimate of drug-likeness (QED) is 0.753. The summed E-state index contributed by atoms with van der Waals surface area (Å²) in [6.45, 7) is 3.52. The predicted octanol–water partition coefficient (Wildman–Crippen LogP) is 1.50. The van der Waals surface area contributed by atoms with E-state index >= 15 is 0 Å².